The van der Waals surface area contributed by atoms with Gasteiger partial charge in [0.15, 0.2) is 5.54 Å². The number of benzene rings is 2. The highest BCUT2D eigenvalue weighted by molar-refractivity contribution is 6.10. The second-order valence-corrected chi connectivity index (χ2v) is 10.1. The van der Waals surface area contributed by atoms with Gasteiger partial charge in [-0.05, 0) is 62.7 Å². The summed E-state index contributed by atoms with van der Waals surface area (Å²) in [5.74, 6) is -0.851. The van der Waals surface area contributed by atoms with Crippen LogP contribution in [0.3, 0.4) is 0 Å². The van der Waals surface area contributed by atoms with Crippen LogP contribution in [0.5, 0.6) is 0 Å². The molecule has 0 unspecified atom stereocenters. The van der Waals surface area contributed by atoms with Crippen molar-refractivity contribution in [3.8, 4) is 6.07 Å². The predicted molar refractivity (Wildman–Crippen MR) is 137 cm³/mol. The highest BCUT2D eigenvalue weighted by Crippen LogP contribution is 2.38. The standard InChI is InChI=1S/C26H25F3N4O4.C2H6/c1-24(2,3)37-23(36)31-15-25(16-31)22(35)32(20-10-6-17(12-30)7-11-20)14-21(34)33(25)13-18-4-8-19(9-5-18)26(27,28)29;1-2/h4-11H,13-16H2,1-3H3;1-2H3. The Hall–Kier alpha value is -4.07. The van der Waals surface area contributed by atoms with E-state index in [1.807, 2.05) is 19.9 Å². The molecule has 3 amide bonds. The summed E-state index contributed by atoms with van der Waals surface area (Å²) < 4.78 is 44.3. The van der Waals surface area contributed by atoms with Gasteiger partial charge in [0.25, 0.3) is 5.91 Å². The van der Waals surface area contributed by atoms with Crippen molar-refractivity contribution in [1.82, 2.24) is 9.80 Å². The van der Waals surface area contributed by atoms with Gasteiger partial charge >= 0.3 is 12.3 Å². The summed E-state index contributed by atoms with van der Waals surface area (Å²) in [5.41, 5.74) is -1.78. The van der Waals surface area contributed by atoms with Crippen LogP contribution in [0.25, 0.3) is 0 Å². The largest absolute Gasteiger partial charge is 0.444 e. The van der Waals surface area contributed by atoms with E-state index in [0.29, 0.717) is 16.8 Å². The van der Waals surface area contributed by atoms with Crippen LogP contribution in [0, 0.1) is 11.3 Å². The zero-order chi connectivity index (χ0) is 29.2. The van der Waals surface area contributed by atoms with Crippen molar-refractivity contribution in [2.75, 3.05) is 24.5 Å². The number of hydrogen-bond acceptors (Lipinski definition) is 5. The monoisotopic (exact) mass is 544 g/mol. The Labute approximate surface area is 225 Å². The molecule has 2 saturated heterocycles. The Morgan fingerprint density at radius 2 is 1.56 bits per heavy atom. The van der Waals surface area contributed by atoms with Crippen LogP contribution in [0.2, 0.25) is 0 Å². The molecule has 0 bridgehead atoms. The van der Waals surface area contributed by atoms with E-state index in [1.54, 1.807) is 32.9 Å². The highest BCUT2D eigenvalue weighted by atomic mass is 19.4. The molecule has 0 aliphatic carbocycles. The van der Waals surface area contributed by atoms with Gasteiger partial charge in [-0.2, -0.15) is 18.4 Å². The normalized spacial score (nSPS) is 16.7. The first kappa shape index (κ1) is 29.5. The molecular formula is C28H31F3N4O4. The lowest BCUT2D eigenvalue weighted by Gasteiger charge is -2.57. The number of piperazine rings is 1. The molecular weight excluding hydrogens is 513 g/mol. The SMILES string of the molecule is CC.CC(C)(C)OC(=O)N1CC2(C1)C(=O)N(c1ccc(C#N)cc1)CC(=O)N2Cc1ccc(C(F)(F)F)cc1. The minimum Gasteiger partial charge on any atom is -0.444 e. The maximum absolute atomic E-state index is 13.8. The Kier molecular flexibility index (Phi) is 8.29. The van der Waals surface area contributed by atoms with E-state index < -0.39 is 40.8 Å². The van der Waals surface area contributed by atoms with Crippen molar-refractivity contribution in [1.29, 1.82) is 5.26 Å². The van der Waals surface area contributed by atoms with E-state index in [2.05, 4.69) is 0 Å². The fraction of sp³-hybridized carbons (Fsp3) is 0.429. The summed E-state index contributed by atoms with van der Waals surface area (Å²) in [7, 11) is 0. The minimum absolute atomic E-state index is 0.105. The Balaban J connectivity index is 0.00000205. The van der Waals surface area contributed by atoms with E-state index in [-0.39, 0.29) is 26.2 Å². The number of likely N-dealkylation sites (tertiary alicyclic amines) is 1. The molecule has 2 aromatic carbocycles. The second-order valence-electron chi connectivity index (χ2n) is 10.1. The lowest BCUT2D eigenvalue weighted by atomic mass is 9.83. The molecule has 2 aromatic rings. The van der Waals surface area contributed by atoms with Crippen LogP contribution in [0.1, 0.15) is 51.3 Å². The summed E-state index contributed by atoms with van der Waals surface area (Å²) in [5, 5.41) is 9.06. The number of halogens is 3. The molecule has 11 heteroatoms. The number of amides is 3. The molecule has 0 aromatic heterocycles. The molecule has 0 saturated carbocycles. The van der Waals surface area contributed by atoms with Gasteiger partial charge in [0.1, 0.15) is 12.1 Å². The number of carbonyl (C=O) groups excluding carboxylic acids is 3. The molecule has 2 aliphatic rings. The number of carbonyl (C=O) groups is 3. The van der Waals surface area contributed by atoms with Crippen molar-refractivity contribution in [2.45, 2.75) is 58.5 Å². The molecule has 2 heterocycles. The van der Waals surface area contributed by atoms with Crippen molar-refractivity contribution in [3.63, 3.8) is 0 Å². The van der Waals surface area contributed by atoms with Gasteiger partial charge in [-0.25, -0.2) is 4.79 Å². The average Bonchev–Trinajstić information content (AvgIpc) is 2.85. The zero-order valence-corrected chi connectivity index (χ0v) is 22.5. The zero-order valence-electron chi connectivity index (χ0n) is 22.5. The number of nitriles is 1. The van der Waals surface area contributed by atoms with Crippen LogP contribution in [-0.4, -0.2) is 58.5 Å². The predicted octanol–water partition coefficient (Wildman–Crippen LogP) is 4.97. The van der Waals surface area contributed by atoms with Gasteiger partial charge in [0.2, 0.25) is 5.91 Å². The first-order valence-corrected chi connectivity index (χ1v) is 12.5. The van der Waals surface area contributed by atoms with Crippen LogP contribution in [0.4, 0.5) is 23.7 Å². The highest BCUT2D eigenvalue weighted by Gasteiger charge is 2.61. The summed E-state index contributed by atoms with van der Waals surface area (Å²) in [6.07, 6.45) is -5.14. The number of hydrogen-bond donors (Lipinski definition) is 0. The van der Waals surface area contributed by atoms with Crippen molar-refractivity contribution >= 4 is 23.6 Å². The number of rotatable bonds is 3. The Morgan fingerprint density at radius 3 is 2.05 bits per heavy atom. The van der Waals surface area contributed by atoms with Gasteiger partial charge in [0.05, 0.1) is 30.3 Å². The fourth-order valence-electron chi connectivity index (χ4n) is 4.39. The molecule has 0 radical (unpaired) electrons. The topological polar surface area (TPSA) is 94.0 Å². The van der Waals surface area contributed by atoms with Gasteiger partial charge in [0, 0.05) is 12.2 Å². The third kappa shape index (κ3) is 6.16. The quantitative estimate of drug-likeness (QED) is 0.544. The smallest absolute Gasteiger partial charge is 0.416 e. The maximum Gasteiger partial charge on any atom is 0.416 e. The van der Waals surface area contributed by atoms with Crippen LogP contribution >= 0.6 is 0 Å². The van der Waals surface area contributed by atoms with E-state index in [1.165, 1.54) is 39.0 Å². The van der Waals surface area contributed by atoms with Crippen LogP contribution in [0.15, 0.2) is 48.5 Å². The molecule has 208 valence electrons. The van der Waals surface area contributed by atoms with E-state index in [9.17, 15) is 27.6 Å². The lowest BCUT2D eigenvalue weighted by molar-refractivity contribution is -0.163. The molecule has 2 fully saturated rings. The summed E-state index contributed by atoms with van der Waals surface area (Å²) in [6.45, 7) is 8.48. The average molecular weight is 545 g/mol. The van der Waals surface area contributed by atoms with Crippen LogP contribution in [-0.2, 0) is 27.0 Å². The van der Waals surface area contributed by atoms with Crippen LogP contribution < -0.4 is 4.90 Å². The molecule has 0 atom stereocenters. The van der Waals surface area contributed by atoms with E-state index in [0.717, 1.165) is 12.1 Å². The molecule has 8 nitrogen and oxygen atoms in total. The van der Waals surface area contributed by atoms with Gasteiger partial charge in [-0.15, -0.1) is 0 Å². The summed E-state index contributed by atoms with van der Waals surface area (Å²) >= 11 is 0. The molecule has 39 heavy (non-hydrogen) atoms. The van der Waals surface area contributed by atoms with E-state index in [4.69, 9.17) is 10.00 Å². The molecule has 4 rings (SSSR count). The lowest BCUT2D eigenvalue weighted by Crippen LogP contribution is -2.81. The second kappa shape index (κ2) is 11.0. The fourth-order valence-corrected chi connectivity index (χ4v) is 4.39. The molecule has 0 N–H and O–H groups in total. The van der Waals surface area contributed by atoms with Gasteiger partial charge < -0.3 is 19.4 Å². The number of alkyl halides is 3. The van der Waals surface area contributed by atoms with Crippen molar-refractivity contribution in [3.05, 3.63) is 65.2 Å². The first-order valence-electron chi connectivity index (χ1n) is 12.5. The molecule has 1 spiro atoms. The summed E-state index contributed by atoms with van der Waals surface area (Å²) in [4.78, 5) is 43.7. The summed E-state index contributed by atoms with van der Waals surface area (Å²) in [6, 6.07) is 12.6. The number of anilines is 1. The number of nitrogens with zero attached hydrogens (tertiary/aromatic N) is 4. The Morgan fingerprint density at radius 1 is 1.00 bits per heavy atom. The van der Waals surface area contributed by atoms with Gasteiger partial charge in [-0.3, -0.25) is 9.59 Å². The van der Waals surface area contributed by atoms with Gasteiger partial charge in [-0.1, -0.05) is 26.0 Å². The first-order chi connectivity index (χ1) is 18.2. The third-order valence-corrected chi connectivity index (χ3v) is 6.24. The minimum atomic E-state index is -4.50. The molecule has 2 aliphatic heterocycles. The van der Waals surface area contributed by atoms with E-state index >= 15 is 0 Å². The van der Waals surface area contributed by atoms with Crippen molar-refractivity contribution in [2.24, 2.45) is 0 Å². The third-order valence-electron chi connectivity index (χ3n) is 6.24. The Bertz CT molecular complexity index is 1260. The number of ether oxygens (including phenoxy) is 1. The van der Waals surface area contributed by atoms with Crippen molar-refractivity contribution < 1.29 is 32.3 Å². The maximum atomic E-state index is 13.8.